The van der Waals surface area contributed by atoms with E-state index in [4.69, 9.17) is 0 Å². The molecular formula is C15H23N5O2S2. The second-order valence-electron chi connectivity index (χ2n) is 6.17. The van der Waals surface area contributed by atoms with Gasteiger partial charge in [-0.1, -0.05) is 0 Å². The lowest BCUT2D eigenvalue weighted by Crippen LogP contribution is -2.37. The average molecular weight is 370 g/mol. The quantitative estimate of drug-likeness (QED) is 0.828. The van der Waals surface area contributed by atoms with Crippen LogP contribution in [0.2, 0.25) is 0 Å². The van der Waals surface area contributed by atoms with Crippen LogP contribution in [0.4, 0.5) is 0 Å². The van der Waals surface area contributed by atoms with E-state index < -0.39 is 10.0 Å². The molecule has 3 heterocycles. The third-order valence-corrected chi connectivity index (χ3v) is 6.45. The van der Waals surface area contributed by atoms with Gasteiger partial charge in [0.05, 0.1) is 18.0 Å². The van der Waals surface area contributed by atoms with Gasteiger partial charge >= 0.3 is 0 Å². The van der Waals surface area contributed by atoms with Crippen molar-refractivity contribution in [3.8, 4) is 0 Å². The first-order valence-electron chi connectivity index (χ1n) is 8.06. The molecule has 2 aromatic heterocycles. The first-order valence-corrected chi connectivity index (χ1v) is 10.6. The van der Waals surface area contributed by atoms with Crippen LogP contribution < -0.4 is 4.72 Å². The van der Waals surface area contributed by atoms with Crippen molar-refractivity contribution in [3.63, 3.8) is 0 Å². The Labute approximate surface area is 146 Å². The number of nitrogens with zero attached hydrogens (tertiary/aromatic N) is 4. The normalized spacial score (nSPS) is 19.2. The highest BCUT2D eigenvalue weighted by Gasteiger charge is 2.24. The lowest BCUT2D eigenvalue weighted by molar-refractivity contribution is 0.221. The SMILES string of the molecule is CCS(=O)(=O)NCC1CN(Cc2nc(C)cs2)Cc2ccnn2C1. The van der Waals surface area contributed by atoms with Crippen molar-refractivity contribution in [1.29, 1.82) is 0 Å². The van der Waals surface area contributed by atoms with Crippen molar-refractivity contribution in [1.82, 2.24) is 24.4 Å². The Morgan fingerprint density at radius 1 is 1.42 bits per heavy atom. The van der Waals surface area contributed by atoms with Gasteiger partial charge in [-0.2, -0.15) is 5.10 Å². The number of hydrogen-bond donors (Lipinski definition) is 1. The van der Waals surface area contributed by atoms with Crippen molar-refractivity contribution < 1.29 is 8.42 Å². The van der Waals surface area contributed by atoms with E-state index in [-0.39, 0.29) is 11.7 Å². The molecule has 0 fully saturated rings. The summed E-state index contributed by atoms with van der Waals surface area (Å²) in [6, 6.07) is 2.03. The van der Waals surface area contributed by atoms with Crippen molar-refractivity contribution in [2.75, 3.05) is 18.8 Å². The maximum atomic E-state index is 11.7. The average Bonchev–Trinajstić information content (AvgIpc) is 3.10. The fourth-order valence-electron chi connectivity index (χ4n) is 2.88. The molecule has 132 valence electrons. The van der Waals surface area contributed by atoms with Crippen LogP contribution >= 0.6 is 11.3 Å². The molecule has 0 spiro atoms. The summed E-state index contributed by atoms with van der Waals surface area (Å²) in [6.07, 6.45) is 1.81. The van der Waals surface area contributed by atoms with Crippen LogP contribution in [0.15, 0.2) is 17.6 Å². The molecule has 1 aliphatic heterocycles. The molecule has 9 heteroatoms. The molecule has 0 radical (unpaired) electrons. The molecular weight excluding hydrogens is 346 g/mol. The maximum Gasteiger partial charge on any atom is 0.211 e. The van der Waals surface area contributed by atoms with E-state index in [0.717, 1.165) is 42.6 Å². The number of rotatable bonds is 6. The smallest absolute Gasteiger partial charge is 0.211 e. The van der Waals surface area contributed by atoms with Crippen LogP contribution in [0.5, 0.6) is 0 Å². The second kappa shape index (κ2) is 7.30. The summed E-state index contributed by atoms with van der Waals surface area (Å²) in [5.41, 5.74) is 2.20. The highest BCUT2D eigenvalue weighted by Crippen LogP contribution is 2.19. The first-order chi connectivity index (χ1) is 11.4. The number of fused-ring (bicyclic) bond motifs is 1. The lowest BCUT2D eigenvalue weighted by atomic mass is 10.1. The minimum absolute atomic E-state index is 0.106. The summed E-state index contributed by atoms with van der Waals surface area (Å²) >= 11 is 1.67. The third-order valence-electron chi connectivity index (χ3n) is 4.14. The highest BCUT2D eigenvalue weighted by atomic mass is 32.2. The molecule has 2 aromatic rings. The Kier molecular flexibility index (Phi) is 5.33. The van der Waals surface area contributed by atoms with E-state index in [1.165, 1.54) is 0 Å². The molecule has 3 rings (SSSR count). The summed E-state index contributed by atoms with van der Waals surface area (Å²) < 4.78 is 28.2. The Hall–Kier alpha value is -1.29. The zero-order valence-electron chi connectivity index (χ0n) is 14.0. The fourth-order valence-corrected chi connectivity index (χ4v) is 4.39. The summed E-state index contributed by atoms with van der Waals surface area (Å²) in [5.74, 6) is 0.281. The molecule has 0 aromatic carbocycles. The van der Waals surface area contributed by atoms with Gasteiger partial charge < -0.3 is 0 Å². The summed E-state index contributed by atoms with van der Waals surface area (Å²) in [5, 5.41) is 7.53. The predicted molar refractivity (Wildman–Crippen MR) is 94.1 cm³/mol. The van der Waals surface area contributed by atoms with Crippen molar-refractivity contribution >= 4 is 21.4 Å². The molecule has 0 amide bonds. The van der Waals surface area contributed by atoms with Crippen LogP contribution in [0.1, 0.15) is 23.3 Å². The summed E-state index contributed by atoms with van der Waals surface area (Å²) in [4.78, 5) is 6.87. The zero-order chi connectivity index (χ0) is 17.2. The van der Waals surface area contributed by atoms with Gasteiger partial charge in [0, 0.05) is 49.4 Å². The summed E-state index contributed by atoms with van der Waals surface area (Å²) in [6.45, 7) is 7.20. The third kappa shape index (κ3) is 4.41. The van der Waals surface area contributed by atoms with Gasteiger partial charge in [0.15, 0.2) is 0 Å². The van der Waals surface area contributed by atoms with E-state index in [2.05, 4.69) is 25.1 Å². The number of sulfonamides is 1. The topological polar surface area (TPSA) is 80.1 Å². The number of thiazole rings is 1. The monoisotopic (exact) mass is 369 g/mol. The molecule has 0 saturated carbocycles. The van der Waals surface area contributed by atoms with Crippen LogP contribution in [0.3, 0.4) is 0 Å². The molecule has 1 N–H and O–H groups in total. The maximum absolute atomic E-state index is 11.7. The molecule has 24 heavy (non-hydrogen) atoms. The van der Waals surface area contributed by atoms with Crippen molar-refractivity contribution in [3.05, 3.63) is 34.0 Å². The molecule has 0 bridgehead atoms. The fraction of sp³-hybridized carbons (Fsp3) is 0.600. The first kappa shape index (κ1) is 17.5. The van der Waals surface area contributed by atoms with Crippen LogP contribution in [-0.4, -0.2) is 46.9 Å². The Morgan fingerprint density at radius 2 is 2.25 bits per heavy atom. The van der Waals surface area contributed by atoms with Gasteiger partial charge in [-0.25, -0.2) is 18.1 Å². The van der Waals surface area contributed by atoms with E-state index in [1.54, 1.807) is 24.5 Å². The zero-order valence-corrected chi connectivity index (χ0v) is 15.6. The van der Waals surface area contributed by atoms with E-state index in [9.17, 15) is 8.42 Å². The molecule has 0 aliphatic carbocycles. The highest BCUT2D eigenvalue weighted by molar-refractivity contribution is 7.89. The van der Waals surface area contributed by atoms with Gasteiger partial charge in [-0.3, -0.25) is 9.58 Å². The van der Waals surface area contributed by atoms with Gasteiger partial charge in [0.2, 0.25) is 10.0 Å². The molecule has 0 saturated heterocycles. The summed E-state index contributed by atoms with van der Waals surface area (Å²) in [7, 11) is -3.18. The van der Waals surface area contributed by atoms with Crippen LogP contribution in [0, 0.1) is 12.8 Å². The Bertz CT molecular complexity index is 783. The molecule has 7 nitrogen and oxygen atoms in total. The molecule has 1 unspecified atom stereocenters. The van der Waals surface area contributed by atoms with Gasteiger partial charge in [-0.05, 0) is 19.9 Å². The minimum Gasteiger partial charge on any atom is -0.290 e. The number of hydrogen-bond acceptors (Lipinski definition) is 6. The van der Waals surface area contributed by atoms with Crippen molar-refractivity contribution in [2.45, 2.75) is 33.5 Å². The van der Waals surface area contributed by atoms with E-state index >= 15 is 0 Å². The van der Waals surface area contributed by atoms with Crippen LogP contribution in [0.25, 0.3) is 0 Å². The molecule has 1 aliphatic rings. The van der Waals surface area contributed by atoms with Gasteiger partial charge in [0.1, 0.15) is 5.01 Å². The lowest BCUT2D eigenvalue weighted by Gasteiger charge is -2.23. The van der Waals surface area contributed by atoms with E-state index in [1.807, 2.05) is 17.7 Å². The van der Waals surface area contributed by atoms with E-state index in [0.29, 0.717) is 6.54 Å². The second-order valence-corrected chi connectivity index (χ2v) is 9.21. The standard InChI is InChI=1S/C15H23N5O2S2/c1-3-24(21,22)17-6-13-7-19(10-15-18-12(2)11-23-15)9-14-4-5-16-20(14)8-13/h4-5,11,13,17H,3,6-10H2,1-2H3. The van der Waals surface area contributed by atoms with Crippen molar-refractivity contribution in [2.24, 2.45) is 5.92 Å². The number of aryl methyl sites for hydroxylation is 1. The predicted octanol–water partition coefficient (Wildman–Crippen LogP) is 1.22. The Morgan fingerprint density at radius 3 is 2.96 bits per heavy atom. The minimum atomic E-state index is -3.18. The number of nitrogens with one attached hydrogen (secondary N) is 1. The number of aromatic nitrogens is 3. The van der Waals surface area contributed by atoms with Gasteiger partial charge in [-0.15, -0.1) is 11.3 Å². The van der Waals surface area contributed by atoms with Gasteiger partial charge in [0.25, 0.3) is 0 Å². The Balaban J connectivity index is 1.72. The van der Waals surface area contributed by atoms with Crippen LogP contribution in [-0.2, 0) is 29.7 Å². The molecule has 1 atom stereocenters. The largest absolute Gasteiger partial charge is 0.290 e.